The smallest absolute Gasteiger partial charge is 0.323 e. The minimum Gasteiger partial charge on any atom is -0.465 e. The molecule has 1 aromatic rings. The molecule has 3 aliphatic rings. The zero-order chi connectivity index (χ0) is 26.4. The Bertz CT molecular complexity index is 934. The summed E-state index contributed by atoms with van der Waals surface area (Å²) in [6.07, 6.45) is 4.44. The monoisotopic (exact) mass is 535 g/mol. The summed E-state index contributed by atoms with van der Waals surface area (Å²) in [4.78, 5) is 27.4. The summed E-state index contributed by atoms with van der Waals surface area (Å²) in [5.41, 5.74) is 0.955. The van der Waals surface area contributed by atoms with Crippen LogP contribution in [0.1, 0.15) is 51.5 Å². The Labute approximate surface area is 222 Å². The SMILES string of the molecule is CCOC(=O)[C@@H]1CC2C[C@@H](CN3CC(N(Cc4ccccc4)S(=O)O)C[C@H]3C(=O)OCC)CCC2CN1. The van der Waals surface area contributed by atoms with E-state index in [-0.39, 0.29) is 24.0 Å². The molecule has 7 atom stereocenters. The van der Waals surface area contributed by atoms with Gasteiger partial charge in [-0.1, -0.05) is 30.3 Å². The number of benzene rings is 1. The second-order valence-corrected chi connectivity index (χ2v) is 11.5. The molecule has 206 valence electrons. The highest BCUT2D eigenvalue weighted by Crippen LogP contribution is 2.40. The van der Waals surface area contributed by atoms with Gasteiger partial charge in [-0.3, -0.25) is 19.0 Å². The zero-order valence-corrected chi connectivity index (χ0v) is 22.7. The molecule has 4 unspecified atom stereocenters. The normalized spacial score (nSPS) is 31.0. The van der Waals surface area contributed by atoms with Crippen molar-refractivity contribution in [1.29, 1.82) is 0 Å². The zero-order valence-electron chi connectivity index (χ0n) is 21.9. The average molecular weight is 536 g/mol. The first kappa shape index (κ1) is 28.2. The lowest BCUT2D eigenvalue weighted by Crippen LogP contribution is -2.51. The van der Waals surface area contributed by atoms with Crippen LogP contribution in [-0.4, -0.2) is 80.9 Å². The number of ether oxygens (including phenoxy) is 2. The third-order valence-corrected chi connectivity index (χ3v) is 9.03. The summed E-state index contributed by atoms with van der Waals surface area (Å²) >= 11 is -2.16. The minimum atomic E-state index is -2.16. The van der Waals surface area contributed by atoms with Crippen LogP contribution in [0.5, 0.6) is 0 Å². The third-order valence-electron chi connectivity index (χ3n) is 8.21. The number of carbonyl (C=O) groups is 2. The van der Waals surface area contributed by atoms with Crippen molar-refractivity contribution in [2.45, 2.75) is 70.6 Å². The van der Waals surface area contributed by atoms with Crippen molar-refractivity contribution in [1.82, 2.24) is 14.5 Å². The van der Waals surface area contributed by atoms with Crippen LogP contribution in [0, 0.1) is 17.8 Å². The van der Waals surface area contributed by atoms with E-state index in [9.17, 15) is 18.4 Å². The summed E-state index contributed by atoms with van der Waals surface area (Å²) in [7, 11) is 0. The molecule has 0 bridgehead atoms. The van der Waals surface area contributed by atoms with Crippen LogP contribution in [0.15, 0.2) is 30.3 Å². The second-order valence-electron chi connectivity index (χ2n) is 10.6. The van der Waals surface area contributed by atoms with Gasteiger partial charge < -0.3 is 14.8 Å². The number of hydrogen-bond donors (Lipinski definition) is 2. The van der Waals surface area contributed by atoms with E-state index >= 15 is 0 Å². The maximum Gasteiger partial charge on any atom is 0.323 e. The van der Waals surface area contributed by atoms with E-state index < -0.39 is 17.3 Å². The molecule has 2 heterocycles. The van der Waals surface area contributed by atoms with Gasteiger partial charge >= 0.3 is 11.9 Å². The molecule has 0 radical (unpaired) electrons. The highest BCUT2D eigenvalue weighted by Gasteiger charge is 2.44. The van der Waals surface area contributed by atoms with Crippen molar-refractivity contribution in [2.24, 2.45) is 17.8 Å². The van der Waals surface area contributed by atoms with Crippen molar-refractivity contribution in [2.75, 3.05) is 32.8 Å². The molecule has 1 aliphatic carbocycles. The fraction of sp³-hybridized carbons (Fsp3) is 0.704. The van der Waals surface area contributed by atoms with Crippen molar-refractivity contribution < 1.29 is 27.8 Å². The van der Waals surface area contributed by atoms with Gasteiger partial charge in [0.05, 0.1) is 13.2 Å². The summed E-state index contributed by atoms with van der Waals surface area (Å²) in [6.45, 7) is 6.80. The molecule has 1 aromatic carbocycles. The van der Waals surface area contributed by atoms with E-state index in [0.29, 0.717) is 50.5 Å². The summed E-state index contributed by atoms with van der Waals surface area (Å²) in [5, 5.41) is 3.37. The van der Waals surface area contributed by atoms with E-state index in [1.54, 1.807) is 11.2 Å². The van der Waals surface area contributed by atoms with Gasteiger partial charge in [0.1, 0.15) is 12.1 Å². The molecule has 4 rings (SSSR count). The summed E-state index contributed by atoms with van der Waals surface area (Å²) in [5.74, 6) is 0.996. The fourth-order valence-corrected chi connectivity index (χ4v) is 7.10. The maximum absolute atomic E-state index is 12.9. The average Bonchev–Trinajstić information content (AvgIpc) is 3.31. The Hall–Kier alpha value is -1.85. The molecule has 2 saturated heterocycles. The number of piperidine rings is 1. The number of carbonyl (C=O) groups excluding carboxylic acids is 2. The van der Waals surface area contributed by atoms with Crippen molar-refractivity contribution >= 4 is 23.2 Å². The molecule has 2 N–H and O–H groups in total. The Kier molecular flexibility index (Phi) is 10.1. The van der Waals surface area contributed by atoms with Crippen LogP contribution in [-0.2, 0) is 36.9 Å². The molecule has 0 aromatic heterocycles. The van der Waals surface area contributed by atoms with E-state index in [1.165, 1.54) is 0 Å². The highest BCUT2D eigenvalue weighted by atomic mass is 32.2. The number of hydrogen-bond acceptors (Lipinski definition) is 7. The van der Waals surface area contributed by atoms with Crippen molar-refractivity contribution in [3.8, 4) is 0 Å². The molecular formula is C27H41N3O6S. The van der Waals surface area contributed by atoms with Crippen LogP contribution in [0.3, 0.4) is 0 Å². The van der Waals surface area contributed by atoms with Gasteiger partial charge in [0.25, 0.3) is 0 Å². The summed E-state index contributed by atoms with van der Waals surface area (Å²) < 4.78 is 34.7. The van der Waals surface area contributed by atoms with Gasteiger partial charge in [0, 0.05) is 25.7 Å². The number of likely N-dealkylation sites (tertiary alicyclic amines) is 1. The lowest BCUT2D eigenvalue weighted by molar-refractivity contribution is -0.149. The Morgan fingerprint density at radius 2 is 1.78 bits per heavy atom. The molecule has 2 aliphatic heterocycles. The minimum absolute atomic E-state index is 0.164. The number of fused-ring (bicyclic) bond motifs is 1. The number of nitrogens with zero attached hydrogens (tertiary/aromatic N) is 2. The fourth-order valence-electron chi connectivity index (χ4n) is 6.43. The van der Waals surface area contributed by atoms with Gasteiger partial charge in [-0.25, -0.2) is 4.21 Å². The summed E-state index contributed by atoms with van der Waals surface area (Å²) in [6, 6.07) is 8.74. The molecule has 0 amide bonds. The predicted molar refractivity (Wildman–Crippen MR) is 141 cm³/mol. The number of esters is 2. The first-order valence-corrected chi connectivity index (χ1v) is 14.7. The third kappa shape index (κ3) is 7.17. The standard InChI is InChI=1S/C27H41N3O6S/c1-3-35-26(31)24-13-22-12-20(10-11-21(22)15-28-24)16-29-18-23(14-25(29)27(32)36-4-2)30(37(33)34)17-19-8-6-5-7-9-19/h5-9,20-25,28H,3-4,10-18H2,1-2H3,(H,33,34)/t20-,21?,22?,23?,24-,25-/m0/s1. The lowest BCUT2D eigenvalue weighted by Gasteiger charge is -2.43. The van der Waals surface area contributed by atoms with Gasteiger partial charge in [-0.15, -0.1) is 0 Å². The predicted octanol–water partition coefficient (Wildman–Crippen LogP) is 2.59. The first-order chi connectivity index (χ1) is 17.9. The van der Waals surface area contributed by atoms with Gasteiger partial charge in [0.15, 0.2) is 0 Å². The quantitative estimate of drug-likeness (QED) is 0.348. The molecular weight excluding hydrogens is 494 g/mol. The van der Waals surface area contributed by atoms with Gasteiger partial charge in [-0.2, -0.15) is 4.31 Å². The van der Waals surface area contributed by atoms with Crippen molar-refractivity contribution in [3.05, 3.63) is 35.9 Å². The highest BCUT2D eigenvalue weighted by molar-refractivity contribution is 7.76. The van der Waals surface area contributed by atoms with Crippen molar-refractivity contribution in [3.63, 3.8) is 0 Å². The molecule has 37 heavy (non-hydrogen) atoms. The molecule has 1 saturated carbocycles. The van der Waals surface area contributed by atoms with Crippen LogP contribution in [0.25, 0.3) is 0 Å². The molecule has 0 spiro atoms. The van der Waals surface area contributed by atoms with E-state index in [0.717, 1.165) is 44.3 Å². The van der Waals surface area contributed by atoms with E-state index in [1.807, 2.05) is 37.3 Å². The molecule has 9 nitrogen and oxygen atoms in total. The van der Waals surface area contributed by atoms with Crippen LogP contribution in [0.4, 0.5) is 0 Å². The van der Waals surface area contributed by atoms with Gasteiger partial charge in [-0.05, 0) is 75.8 Å². The van der Waals surface area contributed by atoms with Gasteiger partial charge in [0.2, 0.25) is 11.3 Å². The second kappa shape index (κ2) is 13.3. The Morgan fingerprint density at radius 3 is 2.49 bits per heavy atom. The molecule has 10 heteroatoms. The number of nitrogens with one attached hydrogen (secondary N) is 1. The first-order valence-electron chi connectivity index (χ1n) is 13.6. The number of rotatable bonds is 10. The van der Waals surface area contributed by atoms with Crippen LogP contribution < -0.4 is 5.32 Å². The largest absolute Gasteiger partial charge is 0.465 e. The van der Waals surface area contributed by atoms with Crippen LogP contribution >= 0.6 is 0 Å². The van der Waals surface area contributed by atoms with E-state index in [2.05, 4.69) is 10.2 Å². The van der Waals surface area contributed by atoms with E-state index in [4.69, 9.17) is 9.47 Å². The maximum atomic E-state index is 12.9. The lowest BCUT2D eigenvalue weighted by atomic mass is 9.69. The Balaban J connectivity index is 1.42. The van der Waals surface area contributed by atoms with Crippen LogP contribution in [0.2, 0.25) is 0 Å². The topological polar surface area (TPSA) is 108 Å². The Morgan fingerprint density at radius 1 is 1.05 bits per heavy atom. The molecule has 3 fully saturated rings.